The molecule has 0 aromatic heterocycles. The Hall–Kier alpha value is -3.84. The molecule has 1 heterocycles. The number of ether oxygens (including phenoxy) is 1. The number of amides is 1. The van der Waals surface area contributed by atoms with Gasteiger partial charge in [-0.2, -0.15) is 0 Å². The summed E-state index contributed by atoms with van der Waals surface area (Å²) in [6.07, 6.45) is 0. The summed E-state index contributed by atoms with van der Waals surface area (Å²) < 4.78 is 19.4. The second-order valence-corrected chi connectivity index (χ2v) is 8.69. The highest BCUT2D eigenvalue weighted by Gasteiger charge is 2.47. The molecule has 6 nitrogen and oxygen atoms in total. The number of methoxy groups -OCH3 is 1. The molecule has 0 bridgehead atoms. The molecule has 0 radical (unpaired) electrons. The van der Waals surface area contributed by atoms with Crippen molar-refractivity contribution in [2.24, 2.45) is 0 Å². The Morgan fingerprint density at radius 2 is 1.67 bits per heavy atom. The van der Waals surface area contributed by atoms with E-state index in [1.54, 1.807) is 24.3 Å². The van der Waals surface area contributed by atoms with Crippen LogP contribution in [-0.2, 0) is 9.59 Å². The number of hydrogen-bond acceptors (Lipinski definition) is 5. The maximum absolute atomic E-state index is 14.1. The van der Waals surface area contributed by atoms with Gasteiger partial charge >= 0.3 is 0 Å². The van der Waals surface area contributed by atoms with Crippen LogP contribution >= 0.6 is 11.6 Å². The smallest absolute Gasteiger partial charge is 0.300 e. The van der Waals surface area contributed by atoms with Crippen molar-refractivity contribution in [3.8, 4) is 5.75 Å². The highest BCUT2D eigenvalue weighted by molar-refractivity contribution is 6.51. The number of carbonyl (C=O) groups excluding carboxylic acids is 2. The minimum atomic E-state index is -0.954. The maximum Gasteiger partial charge on any atom is 0.300 e. The van der Waals surface area contributed by atoms with E-state index in [1.165, 1.54) is 24.1 Å². The molecule has 3 aromatic rings. The van der Waals surface area contributed by atoms with Crippen molar-refractivity contribution in [2.45, 2.75) is 19.9 Å². The van der Waals surface area contributed by atoms with Crippen LogP contribution in [0.25, 0.3) is 5.76 Å². The van der Waals surface area contributed by atoms with Gasteiger partial charge in [-0.05, 0) is 74.0 Å². The number of aliphatic hydroxyl groups is 1. The fraction of sp³-hybridized carbons (Fsp3) is 0.214. The number of aliphatic hydroxyl groups excluding tert-OH is 1. The highest BCUT2D eigenvalue weighted by Crippen LogP contribution is 2.43. The lowest BCUT2D eigenvalue weighted by Gasteiger charge is -2.27. The Balaban J connectivity index is 1.93. The van der Waals surface area contributed by atoms with E-state index >= 15 is 0 Å². The van der Waals surface area contributed by atoms with Crippen LogP contribution in [0.2, 0.25) is 5.02 Å². The third kappa shape index (κ3) is 4.54. The lowest BCUT2D eigenvalue weighted by molar-refractivity contribution is -0.132. The van der Waals surface area contributed by atoms with E-state index in [-0.39, 0.29) is 16.9 Å². The van der Waals surface area contributed by atoms with Gasteiger partial charge in [0, 0.05) is 29.5 Å². The first-order valence-corrected chi connectivity index (χ1v) is 11.9. The average molecular weight is 509 g/mol. The summed E-state index contributed by atoms with van der Waals surface area (Å²) in [7, 11) is 1.37. The van der Waals surface area contributed by atoms with Crippen molar-refractivity contribution in [1.82, 2.24) is 0 Å². The topological polar surface area (TPSA) is 70.1 Å². The second kappa shape index (κ2) is 10.4. The molecule has 0 saturated carbocycles. The van der Waals surface area contributed by atoms with Crippen molar-refractivity contribution < 1.29 is 23.8 Å². The van der Waals surface area contributed by atoms with E-state index in [1.807, 2.05) is 24.3 Å². The predicted octanol–water partition coefficient (Wildman–Crippen LogP) is 5.96. The van der Waals surface area contributed by atoms with Crippen molar-refractivity contribution in [1.29, 1.82) is 0 Å². The molecule has 1 aliphatic heterocycles. The van der Waals surface area contributed by atoms with Gasteiger partial charge in [0.15, 0.2) is 0 Å². The van der Waals surface area contributed by atoms with E-state index in [2.05, 4.69) is 18.7 Å². The zero-order chi connectivity index (χ0) is 26.0. The normalized spacial score (nSPS) is 16.9. The van der Waals surface area contributed by atoms with Crippen LogP contribution in [0.4, 0.5) is 15.8 Å². The first kappa shape index (κ1) is 25.3. The van der Waals surface area contributed by atoms with Gasteiger partial charge in [-0.15, -0.1) is 0 Å². The van der Waals surface area contributed by atoms with Gasteiger partial charge in [-0.1, -0.05) is 23.7 Å². The first-order valence-electron chi connectivity index (χ1n) is 11.6. The molecule has 186 valence electrons. The van der Waals surface area contributed by atoms with Crippen molar-refractivity contribution in [2.75, 3.05) is 30.0 Å². The number of Topliss-reactive ketones (excluding diaryl/α,β-unsaturated/α-hetero) is 1. The first-order chi connectivity index (χ1) is 17.3. The Bertz CT molecular complexity index is 1320. The predicted molar refractivity (Wildman–Crippen MR) is 139 cm³/mol. The van der Waals surface area contributed by atoms with E-state index < -0.39 is 29.3 Å². The minimum absolute atomic E-state index is 0.0173. The number of rotatable bonds is 7. The number of halogens is 2. The summed E-state index contributed by atoms with van der Waals surface area (Å²) >= 11 is 6.04. The molecule has 3 aromatic carbocycles. The van der Waals surface area contributed by atoms with Crippen LogP contribution in [0.1, 0.15) is 31.0 Å². The summed E-state index contributed by atoms with van der Waals surface area (Å²) in [5.41, 5.74) is 1.85. The lowest BCUT2D eigenvalue weighted by atomic mass is 9.94. The van der Waals surface area contributed by atoms with Crippen molar-refractivity contribution >= 4 is 40.4 Å². The monoisotopic (exact) mass is 508 g/mol. The Morgan fingerprint density at radius 3 is 2.25 bits per heavy atom. The zero-order valence-corrected chi connectivity index (χ0v) is 20.9. The molecule has 0 spiro atoms. The third-order valence-corrected chi connectivity index (χ3v) is 6.56. The molecule has 8 heteroatoms. The van der Waals surface area contributed by atoms with Gasteiger partial charge in [0.1, 0.15) is 17.3 Å². The standard InChI is InChI=1S/C28H26ClFN2O4/c1-4-31(5-2)20-11-6-17(7-12-20)25-24(26(33)22-16-19(30)10-15-23(22)36-3)27(34)28(35)32(25)21-13-8-18(29)9-14-21/h6-16,25,33H,4-5H2,1-3H3/b26-24+. The zero-order valence-electron chi connectivity index (χ0n) is 20.2. The summed E-state index contributed by atoms with van der Waals surface area (Å²) in [6, 6.07) is 16.6. The van der Waals surface area contributed by atoms with Crippen LogP contribution in [0.3, 0.4) is 0 Å². The largest absolute Gasteiger partial charge is 0.507 e. The Kier molecular flexibility index (Phi) is 7.31. The number of ketones is 1. The summed E-state index contributed by atoms with van der Waals surface area (Å²) in [4.78, 5) is 30.1. The van der Waals surface area contributed by atoms with Gasteiger partial charge in [0.05, 0.1) is 24.3 Å². The summed E-state index contributed by atoms with van der Waals surface area (Å²) in [6.45, 7) is 5.75. The SMILES string of the molecule is CCN(CC)c1ccc(C2/C(=C(\O)c3cc(F)ccc3OC)C(=O)C(=O)N2c2ccc(Cl)cc2)cc1. The number of anilines is 2. The molecule has 1 unspecified atom stereocenters. The van der Waals surface area contributed by atoms with Crippen LogP contribution in [0.5, 0.6) is 5.75 Å². The Morgan fingerprint density at radius 1 is 1.03 bits per heavy atom. The average Bonchev–Trinajstić information content (AvgIpc) is 3.15. The number of carbonyl (C=O) groups is 2. The highest BCUT2D eigenvalue weighted by atomic mass is 35.5. The van der Waals surface area contributed by atoms with Gasteiger partial charge in [0.2, 0.25) is 0 Å². The lowest BCUT2D eigenvalue weighted by Crippen LogP contribution is -2.29. The van der Waals surface area contributed by atoms with Crippen LogP contribution in [0.15, 0.2) is 72.3 Å². The van der Waals surface area contributed by atoms with E-state index in [0.717, 1.165) is 24.8 Å². The summed E-state index contributed by atoms with van der Waals surface area (Å²) in [5, 5.41) is 11.8. The number of benzene rings is 3. The fourth-order valence-electron chi connectivity index (χ4n) is 4.48. The van der Waals surface area contributed by atoms with Gasteiger partial charge in [-0.3, -0.25) is 14.5 Å². The van der Waals surface area contributed by atoms with E-state index in [0.29, 0.717) is 16.3 Å². The second-order valence-electron chi connectivity index (χ2n) is 8.25. The van der Waals surface area contributed by atoms with Crippen molar-refractivity contribution in [3.63, 3.8) is 0 Å². The molecule has 4 rings (SSSR count). The van der Waals surface area contributed by atoms with E-state index in [9.17, 15) is 19.1 Å². The molecular weight excluding hydrogens is 483 g/mol. The number of hydrogen-bond donors (Lipinski definition) is 1. The molecule has 0 aliphatic carbocycles. The fourth-order valence-corrected chi connectivity index (χ4v) is 4.61. The minimum Gasteiger partial charge on any atom is -0.507 e. The van der Waals surface area contributed by atoms with Gasteiger partial charge < -0.3 is 14.7 Å². The molecule has 1 aliphatic rings. The molecule has 1 amide bonds. The van der Waals surface area contributed by atoms with Gasteiger partial charge in [-0.25, -0.2) is 4.39 Å². The molecular formula is C28H26ClFN2O4. The molecule has 36 heavy (non-hydrogen) atoms. The molecule has 1 fully saturated rings. The maximum atomic E-state index is 14.1. The van der Waals surface area contributed by atoms with E-state index in [4.69, 9.17) is 16.3 Å². The van der Waals surface area contributed by atoms with Crippen LogP contribution in [0, 0.1) is 5.82 Å². The van der Waals surface area contributed by atoms with Crippen LogP contribution < -0.4 is 14.5 Å². The van der Waals surface area contributed by atoms with Crippen LogP contribution in [-0.4, -0.2) is 37.0 Å². The molecule has 1 atom stereocenters. The Labute approximate surface area is 214 Å². The van der Waals surface area contributed by atoms with Crippen molar-refractivity contribution in [3.05, 3.63) is 94.3 Å². The summed E-state index contributed by atoms with van der Waals surface area (Å²) in [5.74, 6) is -2.66. The molecule has 1 saturated heterocycles. The quantitative estimate of drug-likeness (QED) is 0.242. The van der Waals surface area contributed by atoms with Gasteiger partial charge in [0.25, 0.3) is 11.7 Å². The third-order valence-electron chi connectivity index (χ3n) is 6.30. The molecule has 1 N–H and O–H groups in total. The number of nitrogens with zero attached hydrogens (tertiary/aromatic N) is 2.